The third kappa shape index (κ3) is 2.07. The highest BCUT2D eigenvalue weighted by atomic mass is 16.5. The first-order chi connectivity index (χ1) is 8.15. The van der Waals surface area contributed by atoms with E-state index in [0.717, 1.165) is 42.7 Å². The summed E-state index contributed by atoms with van der Waals surface area (Å²) in [5.41, 5.74) is 3.08. The van der Waals surface area contributed by atoms with Crippen molar-refractivity contribution >= 4 is 11.8 Å². The fourth-order valence-corrected chi connectivity index (χ4v) is 2.42. The predicted molar refractivity (Wildman–Crippen MR) is 66.1 cm³/mol. The van der Waals surface area contributed by atoms with Crippen molar-refractivity contribution < 1.29 is 14.6 Å². The molecule has 0 saturated heterocycles. The van der Waals surface area contributed by atoms with Gasteiger partial charge in [-0.05, 0) is 48.9 Å². The van der Waals surface area contributed by atoms with Crippen LogP contribution < -0.4 is 9.64 Å². The Morgan fingerprint density at radius 1 is 1.29 bits per heavy atom. The van der Waals surface area contributed by atoms with E-state index in [4.69, 9.17) is 9.84 Å². The zero-order valence-corrected chi connectivity index (χ0v) is 10.2. The van der Waals surface area contributed by atoms with E-state index in [1.807, 2.05) is 12.1 Å². The Morgan fingerprint density at radius 2 is 1.94 bits per heavy atom. The molecule has 0 aromatic heterocycles. The van der Waals surface area contributed by atoms with E-state index in [2.05, 4.69) is 0 Å². The number of carbonyl (C=O) groups is 1. The third-order valence-electron chi connectivity index (χ3n) is 3.34. The van der Waals surface area contributed by atoms with E-state index in [0.29, 0.717) is 0 Å². The lowest BCUT2D eigenvalue weighted by molar-refractivity contribution is 0.203. The summed E-state index contributed by atoms with van der Waals surface area (Å²) in [7, 11) is 3.24. The standard InChI is InChI=1S/C13H17NO3/c1-14(13(15)16)11-7-8-12(17-2)10-6-4-3-5-9(10)11/h7-8H,3-6H2,1-2H3,(H,15,16). The van der Waals surface area contributed by atoms with Gasteiger partial charge in [-0.2, -0.15) is 0 Å². The molecule has 0 unspecified atom stereocenters. The average molecular weight is 235 g/mol. The van der Waals surface area contributed by atoms with Crippen molar-refractivity contribution in [1.82, 2.24) is 0 Å². The zero-order valence-electron chi connectivity index (χ0n) is 10.2. The second-order valence-corrected chi connectivity index (χ2v) is 4.29. The molecule has 4 nitrogen and oxygen atoms in total. The first-order valence-electron chi connectivity index (χ1n) is 5.80. The van der Waals surface area contributed by atoms with Crippen LogP contribution in [-0.2, 0) is 12.8 Å². The van der Waals surface area contributed by atoms with E-state index >= 15 is 0 Å². The molecule has 0 bridgehead atoms. The molecule has 1 N–H and O–H groups in total. The molecule has 92 valence electrons. The number of benzene rings is 1. The first-order valence-corrected chi connectivity index (χ1v) is 5.80. The molecule has 1 aliphatic carbocycles. The van der Waals surface area contributed by atoms with Crippen molar-refractivity contribution in [2.75, 3.05) is 19.1 Å². The number of amides is 1. The van der Waals surface area contributed by atoms with Gasteiger partial charge in [-0.15, -0.1) is 0 Å². The average Bonchev–Trinajstić information content (AvgIpc) is 2.36. The Labute approximate surface area is 101 Å². The van der Waals surface area contributed by atoms with Crippen LogP contribution in [0.2, 0.25) is 0 Å². The summed E-state index contributed by atoms with van der Waals surface area (Å²) in [4.78, 5) is 12.3. The summed E-state index contributed by atoms with van der Waals surface area (Å²) in [5, 5.41) is 9.06. The number of anilines is 1. The monoisotopic (exact) mass is 235 g/mol. The molecular formula is C13H17NO3. The lowest BCUT2D eigenvalue weighted by Crippen LogP contribution is -2.26. The molecule has 0 aliphatic heterocycles. The van der Waals surface area contributed by atoms with Gasteiger partial charge in [0, 0.05) is 7.05 Å². The number of fused-ring (bicyclic) bond motifs is 1. The zero-order chi connectivity index (χ0) is 12.4. The van der Waals surface area contributed by atoms with Gasteiger partial charge in [0.25, 0.3) is 0 Å². The van der Waals surface area contributed by atoms with Crippen LogP contribution in [-0.4, -0.2) is 25.4 Å². The minimum absolute atomic E-state index is 0.785. The number of hydrogen-bond donors (Lipinski definition) is 1. The van der Waals surface area contributed by atoms with Crippen molar-refractivity contribution in [2.24, 2.45) is 0 Å². The van der Waals surface area contributed by atoms with Crippen LogP contribution in [0, 0.1) is 0 Å². The number of nitrogens with zero attached hydrogens (tertiary/aromatic N) is 1. The van der Waals surface area contributed by atoms with Crippen LogP contribution in [0.25, 0.3) is 0 Å². The summed E-state index contributed by atoms with van der Waals surface area (Å²) in [5.74, 6) is 0.877. The number of ether oxygens (including phenoxy) is 1. The lowest BCUT2D eigenvalue weighted by Gasteiger charge is -2.25. The summed E-state index contributed by atoms with van der Waals surface area (Å²) in [6, 6.07) is 3.69. The molecule has 0 saturated carbocycles. The maximum absolute atomic E-state index is 11.0. The smallest absolute Gasteiger partial charge is 0.411 e. The highest BCUT2D eigenvalue weighted by Crippen LogP contribution is 2.36. The summed E-state index contributed by atoms with van der Waals surface area (Å²) < 4.78 is 5.34. The van der Waals surface area contributed by atoms with Gasteiger partial charge in [-0.1, -0.05) is 0 Å². The molecule has 1 aromatic carbocycles. The quantitative estimate of drug-likeness (QED) is 0.857. The summed E-state index contributed by atoms with van der Waals surface area (Å²) in [6.07, 6.45) is 3.23. The molecule has 1 aliphatic rings. The van der Waals surface area contributed by atoms with Gasteiger partial charge in [-0.3, -0.25) is 4.90 Å². The summed E-state index contributed by atoms with van der Waals surface area (Å²) >= 11 is 0. The number of rotatable bonds is 2. The van der Waals surface area contributed by atoms with Crippen LogP contribution in [0.5, 0.6) is 5.75 Å². The van der Waals surface area contributed by atoms with E-state index < -0.39 is 6.09 Å². The largest absolute Gasteiger partial charge is 0.496 e. The SMILES string of the molecule is COc1ccc(N(C)C(=O)O)c2c1CCCC2. The molecule has 17 heavy (non-hydrogen) atoms. The Kier molecular flexibility index (Phi) is 3.22. The predicted octanol–water partition coefficient (Wildman–Crippen LogP) is 2.69. The second-order valence-electron chi connectivity index (χ2n) is 4.29. The van der Waals surface area contributed by atoms with Gasteiger partial charge >= 0.3 is 6.09 Å². The van der Waals surface area contributed by atoms with Crippen LogP contribution in [0.4, 0.5) is 10.5 Å². The Balaban J connectivity index is 2.51. The molecular weight excluding hydrogens is 218 g/mol. The number of carboxylic acid groups (broad SMARTS) is 1. The molecule has 0 fully saturated rings. The molecule has 1 amide bonds. The topological polar surface area (TPSA) is 49.8 Å². The first kappa shape index (κ1) is 11.8. The minimum Gasteiger partial charge on any atom is -0.496 e. The Morgan fingerprint density at radius 3 is 2.53 bits per heavy atom. The lowest BCUT2D eigenvalue weighted by atomic mass is 9.89. The molecule has 2 rings (SSSR count). The fraction of sp³-hybridized carbons (Fsp3) is 0.462. The maximum atomic E-state index is 11.0. The van der Waals surface area contributed by atoms with Gasteiger partial charge in [0.1, 0.15) is 5.75 Å². The second kappa shape index (κ2) is 4.65. The minimum atomic E-state index is -0.928. The van der Waals surface area contributed by atoms with Crippen molar-refractivity contribution in [3.63, 3.8) is 0 Å². The Bertz CT molecular complexity index is 443. The van der Waals surface area contributed by atoms with Gasteiger partial charge in [-0.25, -0.2) is 4.79 Å². The van der Waals surface area contributed by atoms with Crippen LogP contribution in [0.1, 0.15) is 24.0 Å². The Hall–Kier alpha value is -1.71. The number of methoxy groups -OCH3 is 1. The molecule has 4 heteroatoms. The molecule has 0 heterocycles. The molecule has 1 aromatic rings. The van der Waals surface area contributed by atoms with Crippen LogP contribution in [0.15, 0.2) is 12.1 Å². The van der Waals surface area contributed by atoms with E-state index in [1.165, 1.54) is 10.5 Å². The van der Waals surface area contributed by atoms with Crippen molar-refractivity contribution in [3.05, 3.63) is 23.3 Å². The van der Waals surface area contributed by atoms with Crippen LogP contribution >= 0.6 is 0 Å². The third-order valence-corrected chi connectivity index (χ3v) is 3.34. The van der Waals surface area contributed by atoms with Crippen molar-refractivity contribution in [2.45, 2.75) is 25.7 Å². The summed E-state index contributed by atoms with van der Waals surface area (Å²) in [6.45, 7) is 0. The molecule has 0 atom stereocenters. The van der Waals surface area contributed by atoms with E-state index in [9.17, 15) is 4.79 Å². The van der Waals surface area contributed by atoms with Gasteiger partial charge in [0.05, 0.1) is 12.8 Å². The van der Waals surface area contributed by atoms with Crippen molar-refractivity contribution in [1.29, 1.82) is 0 Å². The van der Waals surface area contributed by atoms with Gasteiger partial charge in [0.15, 0.2) is 0 Å². The van der Waals surface area contributed by atoms with Gasteiger partial charge < -0.3 is 9.84 Å². The molecule has 0 radical (unpaired) electrons. The highest BCUT2D eigenvalue weighted by molar-refractivity contribution is 5.87. The van der Waals surface area contributed by atoms with Gasteiger partial charge in [0.2, 0.25) is 0 Å². The number of hydrogen-bond acceptors (Lipinski definition) is 2. The van der Waals surface area contributed by atoms with E-state index in [1.54, 1.807) is 14.2 Å². The highest BCUT2D eigenvalue weighted by Gasteiger charge is 2.21. The maximum Gasteiger partial charge on any atom is 0.411 e. The normalized spacial score (nSPS) is 14.0. The van der Waals surface area contributed by atoms with Crippen molar-refractivity contribution in [3.8, 4) is 5.75 Å². The fourth-order valence-electron chi connectivity index (χ4n) is 2.42. The van der Waals surface area contributed by atoms with Crippen LogP contribution in [0.3, 0.4) is 0 Å². The van der Waals surface area contributed by atoms with E-state index in [-0.39, 0.29) is 0 Å². The molecule has 0 spiro atoms.